The van der Waals surface area contributed by atoms with Crippen LogP contribution in [-0.4, -0.2) is 23.3 Å². The second-order valence-corrected chi connectivity index (χ2v) is 11.2. The zero-order chi connectivity index (χ0) is 24.6. The van der Waals surface area contributed by atoms with Crippen molar-refractivity contribution in [3.8, 4) is 5.75 Å². The van der Waals surface area contributed by atoms with Crippen molar-refractivity contribution in [1.29, 1.82) is 0 Å². The number of ketones is 1. The van der Waals surface area contributed by atoms with Crippen molar-refractivity contribution in [1.82, 2.24) is 5.32 Å². The summed E-state index contributed by atoms with van der Waals surface area (Å²) in [4.78, 5) is 25.4. The molecule has 1 unspecified atom stereocenters. The standard InChI is InChI=1S/C30H36FNO3/c1-30-14-13-25-24-12-10-23(33)17-20(24)7-11-26(25)29(30)21(18-27(30)34)4-2-3-15-32-28(35)16-19-5-8-22(31)9-6-19/h5-6,8-10,12,17,21,25-26,29,33H,2-4,7,11,13-16,18H2,1H3,(H,32,35)/t21?,25-,26-,29+,30-/m1/s1. The van der Waals surface area contributed by atoms with Crippen LogP contribution in [0.3, 0.4) is 0 Å². The van der Waals surface area contributed by atoms with Crippen LogP contribution in [0.15, 0.2) is 42.5 Å². The van der Waals surface area contributed by atoms with Crippen LogP contribution in [0.2, 0.25) is 0 Å². The summed E-state index contributed by atoms with van der Waals surface area (Å²) in [6, 6.07) is 11.9. The van der Waals surface area contributed by atoms with E-state index in [4.69, 9.17) is 0 Å². The number of benzene rings is 2. The van der Waals surface area contributed by atoms with Crippen molar-refractivity contribution in [2.75, 3.05) is 6.54 Å². The number of phenols is 1. The van der Waals surface area contributed by atoms with Crippen LogP contribution in [0.4, 0.5) is 4.39 Å². The number of rotatable bonds is 7. The fraction of sp³-hybridized carbons (Fsp3) is 0.533. The van der Waals surface area contributed by atoms with E-state index in [0.717, 1.165) is 50.5 Å². The predicted octanol–water partition coefficient (Wildman–Crippen LogP) is 5.71. The first-order chi connectivity index (χ1) is 16.8. The second kappa shape index (κ2) is 9.75. The van der Waals surface area contributed by atoms with Crippen molar-refractivity contribution in [3.05, 3.63) is 65.0 Å². The molecule has 2 N–H and O–H groups in total. The summed E-state index contributed by atoms with van der Waals surface area (Å²) < 4.78 is 13.0. The molecule has 186 valence electrons. The largest absolute Gasteiger partial charge is 0.508 e. The summed E-state index contributed by atoms with van der Waals surface area (Å²) in [6.45, 7) is 2.85. The van der Waals surface area contributed by atoms with Gasteiger partial charge in [-0.05, 0) is 103 Å². The topological polar surface area (TPSA) is 66.4 Å². The molecule has 0 spiro atoms. The number of unbranched alkanes of at least 4 members (excludes halogenated alkanes) is 1. The van der Waals surface area contributed by atoms with Gasteiger partial charge in [-0.25, -0.2) is 4.39 Å². The Labute approximate surface area is 207 Å². The van der Waals surface area contributed by atoms with Gasteiger partial charge in [0.25, 0.3) is 0 Å². The van der Waals surface area contributed by atoms with E-state index in [1.807, 2.05) is 12.1 Å². The number of amides is 1. The average molecular weight is 478 g/mol. The molecule has 0 saturated heterocycles. The van der Waals surface area contributed by atoms with Crippen LogP contribution in [0.5, 0.6) is 5.75 Å². The molecule has 35 heavy (non-hydrogen) atoms. The molecule has 4 nitrogen and oxygen atoms in total. The lowest BCUT2D eigenvalue weighted by Gasteiger charge is -2.50. The number of Topliss-reactive ketones (excluding diaryl/α,β-unsaturated/α-hetero) is 1. The van der Waals surface area contributed by atoms with Gasteiger partial charge in [0, 0.05) is 18.4 Å². The fourth-order valence-electron chi connectivity index (χ4n) is 7.50. The number of carbonyl (C=O) groups is 2. The number of hydrogen-bond donors (Lipinski definition) is 2. The van der Waals surface area contributed by atoms with Gasteiger partial charge in [-0.2, -0.15) is 0 Å². The summed E-state index contributed by atoms with van der Waals surface area (Å²) in [6.07, 6.45) is 8.02. The lowest BCUT2D eigenvalue weighted by atomic mass is 9.54. The van der Waals surface area contributed by atoms with Gasteiger partial charge in [0.1, 0.15) is 17.3 Å². The van der Waals surface area contributed by atoms with E-state index >= 15 is 0 Å². The molecule has 5 heteroatoms. The smallest absolute Gasteiger partial charge is 0.224 e. The minimum atomic E-state index is -0.295. The molecule has 5 rings (SSSR count). The van der Waals surface area contributed by atoms with Crippen LogP contribution in [-0.2, 0) is 22.4 Å². The van der Waals surface area contributed by atoms with Gasteiger partial charge in [-0.3, -0.25) is 9.59 Å². The highest BCUT2D eigenvalue weighted by atomic mass is 19.1. The van der Waals surface area contributed by atoms with Crippen LogP contribution >= 0.6 is 0 Å². The molecule has 0 radical (unpaired) electrons. The third-order valence-corrected chi connectivity index (χ3v) is 9.16. The van der Waals surface area contributed by atoms with E-state index in [1.54, 1.807) is 12.1 Å². The third kappa shape index (κ3) is 4.74. The van der Waals surface area contributed by atoms with Gasteiger partial charge >= 0.3 is 0 Å². The molecule has 0 bridgehead atoms. The minimum Gasteiger partial charge on any atom is -0.508 e. The summed E-state index contributed by atoms with van der Waals surface area (Å²) >= 11 is 0. The van der Waals surface area contributed by atoms with E-state index < -0.39 is 0 Å². The normalized spacial score (nSPS) is 29.3. The number of aryl methyl sites for hydroxylation is 1. The number of nitrogens with one attached hydrogen (secondary N) is 1. The Hall–Kier alpha value is -2.69. The van der Waals surface area contributed by atoms with Crippen LogP contribution in [0.1, 0.15) is 74.5 Å². The quantitative estimate of drug-likeness (QED) is 0.502. The highest BCUT2D eigenvalue weighted by Gasteiger charge is 2.58. The fourth-order valence-corrected chi connectivity index (χ4v) is 7.50. The van der Waals surface area contributed by atoms with Gasteiger partial charge in [0.15, 0.2) is 0 Å². The maximum absolute atomic E-state index is 13.2. The lowest BCUT2D eigenvalue weighted by molar-refractivity contribution is -0.129. The van der Waals surface area contributed by atoms with Crippen LogP contribution < -0.4 is 5.32 Å². The Kier molecular flexibility index (Phi) is 6.69. The van der Waals surface area contributed by atoms with E-state index in [-0.39, 0.29) is 23.6 Å². The molecule has 0 heterocycles. The van der Waals surface area contributed by atoms with Crippen molar-refractivity contribution in [3.63, 3.8) is 0 Å². The maximum atomic E-state index is 13.2. The highest BCUT2D eigenvalue weighted by Crippen LogP contribution is 2.62. The molecule has 0 aliphatic heterocycles. The summed E-state index contributed by atoms with van der Waals surface area (Å²) in [5.74, 6) is 2.36. The number of halogens is 1. The third-order valence-electron chi connectivity index (χ3n) is 9.16. The summed E-state index contributed by atoms with van der Waals surface area (Å²) in [5.41, 5.74) is 3.29. The highest BCUT2D eigenvalue weighted by molar-refractivity contribution is 5.87. The zero-order valence-electron chi connectivity index (χ0n) is 20.6. The second-order valence-electron chi connectivity index (χ2n) is 11.2. The van der Waals surface area contributed by atoms with Crippen molar-refractivity contribution in [2.24, 2.45) is 23.2 Å². The van der Waals surface area contributed by atoms with Crippen molar-refractivity contribution < 1.29 is 19.1 Å². The van der Waals surface area contributed by atoms with E-state index in [9.17, 15) is 19.1 Å². The molecule has 2 fully saturated rings. The Balaban J connectivity index is 1.16. The molecule has 2 saturated carbocycles. The minimum absolute atomic E-state index is 0.0396. The molecule has 0 aromatic heterocycles. The lowest BCUT2D eigenvalue weighted by Crippen LogP contribution is -2.44. The molecule has 3 aliphatic rings. The monoisotopic (exact) mass is 477 g/mol. The van der Waals surface area contributed by atoms with Gasteiger partial charge in [0.05, 0.1) is 6.42 Å². The SMILES string of the molecule is C[C@]12CC[C@@H]3c4ccc(O)cc4CC[C@H]3[C@@H]1C(CCCCNC(=O)Cc1ccc(F)cc1)CC2=O. The van der Waals surface area contributed by atoms with Gasteiger partial charge in [-0.15, -0.1) is 0 Å². The first-order valence-electron chi connectivity index (χ1n) is 13.2. The molecule has 5 atom stereocenters. The van der Waals surface area contributed by atoms with Gasteiger partial charge in [-0.1, -0.05) is 31.5 Å². The molecule has 1 amide bonds. The van der Waals surface area contributed by atoms with Crippen molar-refractivity contribution >= 4 is 11.7 Å². The van der Waals surface area contributed by atoms with E-state index in [2.05, 4.69) is 18.3 Å². The van der Waals surface area contributed by atoms with Crippen molar-refractivity contribution in [2.45, 2.75) is 70.6 Å². The van der Waals surface area contributed by atoms with E-state index in [0.29, 0.717) is 48.2 Å². The number of hydrogen-bond acceptors (Lipinski definition) is 3. The first kappa shape index (κ1) is 24.0. The molecule has 2 aromatic rings. The Bertz CT molecular complexity index is 1100. The Morgan fingerprint density at radius 2 is 1.94 bits per heavy atom. The zero-order valence-corrected chi connectivity index (χ0v) is 20.6. The molecular formula is C30H36FNO3. The predicted molar refractivity (Wildman–Crippen MR) is 134 cm³/mol. The number of phenolic OH excluding ortho intramolecular Hbond substituents is 1. The number of aromatic hydroxyl groups is 1. The molecule has 2 aromatic carbocycles. The van der Waals surface area contributed by atoms with Crippen LogP contribution in [0.25, 0.3) is 0 Å². The Morgan fingerprint density at radius 3 is 2.74 bits per heavy atom. The summed E-state index contributed by atoms with van der Waals surface area (Å²) in [5, 5.41) is 12.9. The maximum Gasteiger partial charge on any atom is 0.224 e. The number of carbonyl (C=O) groups excluding carboxylic acids is 2. The van der Waals surface area contributed by atoms with Gasteiger partial charge < -0.3 is 10.4 Å². The van der Waals surface area contributed by atoms with E-state index in [1.165, 1.54) is 23.3 Å². The summed E-state index contributed by atoms with van der Waals surface area (Å²) in [7, 11) is 0. The molecular weight excluding hydrogens is 441 g/mol. The Morgan fingerprint density at radius 1 is 1.14 bits per heavy atom. The van der Waals surface area contributed by atoms with Crippen LogP contribution in [0, 0.1) is 29.0 Å². The molecule has 3 aliphatic carbocycles. The van der Waals surface area contributed by atoms with Gasteiger partial charge in [0.2, 0.25) is 5.91 Å². The first-order valence-corrected chi connectivity index (χ1v) is 13.2. The number of fused-ring (bicyclic) bond motifs is 5. The average Bonchev–Trinajstić information content (AvgIpc) is 3.09.